The molecule has 0 radical (unpaired) electrons. The van der Waals surface area contributed by atoms with Crippen molar-refractivity contribution in [1.82, 2.24) is 4.98 Å². The number of fused-ring (bicyclic) bond motifs is 1. The summed E-state index contributed by atoms with van der Waals surface area (Å²) in [5.74, 6) is -0.295. The van der Waals surface area contributed by atoms with Gasteiger partial charge in [-0.1, -0.05) is 39.0 Å². The molecule has 0 bridgehead atoms. The quantitative estimate of drug-likeness (QED) is 0.597. The summed E-state index contributed by atoms with van der Waals surface area (Å²) in [7, 11) is -1.79. The Bertz CT molecular complexity index is 713. The molecule has 0 spiro atoms. The Hall–Kier alpha value is -1.59. The van der Waals surface area contributed by atoms with Crippen molar-refractivity contribution in [2.75, 3.05) is 13.2 Å². The molecule has 5 heteroatoms. The smallest absolute Gasteiger partial charge is 0.355 e. The first-order chi connectivity index (χ1) is 11.2. The van der Waals surface area contributed by atoms with E-state index >= 15 is 0 Å². The predicted molar refractivity (Wildman–Crippen MR) is 101 cm³/mol. The van der Waals surface area contributed by atoms with Crippen molar-refractivity contribution < 1.29 is 14.0 Å². The van der Waals surface area contributed by atoms with Crippen molar-refractivity contribution in [3.63, 3.8) is 0 Å². The Labute approximate surface area is 145 Å². The van der Waals surface area contributed by atoms with Gasteiger partial charge in [-0.3, -0.25) is 0 Å². The topological polar surface area (TPSA) is 51.3 Å². The number of benzene rings is 1. The van der Waals surface area contributed by atoms with Crippen molar-refractivity contribution in [2.24, 2.45) is 0 Å². The number of aromatic amines is 1. The molecule has 0 aliphatic heterocycles. The Balaban J connectivity index is 2.24. The lowest BCUT2D eigenvalue weighted by Crippen LogP contribution is -2.41. The first kappa shape index (κ1) is 18.7. The third kappa shape index (κ3) is 3.90. The van der Waals surface area contributed by atoms with Crippen LogP contribution in [0.25, 0.3) is 10.9 Å². The maximum atomic E-state index is 12.3. The summed E-state index contributed by atoms with van der Waals surface area (Å²) in [6, 6.07) is 7.97. The van der Waals surface area contributed by atoms with Gasteiger partial charge in [0.15, 0.2) is 8.32 Å². The Morgan fingerprint density at radius 3 is 2.50 bits per heavy atom. The highest BCUT2D eigenvalue weighted by atomic mass is 28.4. The van der Waals surface area contributed by atoms with Crippen molar-refractivity contribution in [3.8, 4) is 0 Å². The van der Waals surface area contributed by atoms with Crippen molar-refractivity contribution >= 4 is 25.2 Å². The molecular formula is C19H29NO3Si. The summed E-state index contributed by atoms with van der Waals surface area (Å²) in [4.78, 5) is 15.5. The van der Waals surface area contributed by atoms with E-state index in [-0.39, 0.29) is 11.0 Å². The second-order valence-corrected chi connectivity index (χ2v) is 12.4. The van der Waals surface area contributed by atoms with E-state index in [1.807, 2.05) is 31.2 Å². The van der Waals surface area contributed by atoms with Gasteiger partial charge in [-0.05, 0) is 43.1 Å². The van der Waals surface area contributed by atoms with Gasteiger partial charge in [-0.15, -0.1) is 0 Å². The van der Waals surface area contributed by atoms with Crippen LogP contribution >= 0.6 is 0 Å². The number of esters is 1. The zero-order valence-electron chi connectivity index (χ0n) is 15.7. The van der Waals surface area contributed by atoms with E-state index in [4.69, 9.17) is 9.16 Å². The first-order valence-corrected chi connectivity index (χ1v) is 11.5. The zero-order valence-corrected chi connectivity index (χ0v) is 16.7. The molecule has 0 fully saturated rings. The maximum Gasteiger partial charge on any atom is 0.355 e. The molecule has 24 heavy (non-hydrogen) atoms. The predicted octanol–water partition coefficient (Wildman–Crippen LogP) is 4.91. The molecule has 132 valence electrons. The molecular weight excluding hydrogens is 318 g/mol. The van der Waals surface area contributed by atoms with Crippen molar-refractivity contribution in [3.05, 3.63) is 35.5 Å². The molecule has 0 saturated carbocycles. The van der Waals surface area contributed by atoms with Gasteiger partial charge in [0.1, 0.15) is 5.69 Å². The van der Waals surface area contributed by atoms with E-state index < -0.39 is 8.32 Å². The molecule has 0 unspecified atom stereocenters. The fourth-order valence-electron chi connectivity index (χ4n) is 2.46. The minimum Gasteiger partial charge on any atom is -0.461 e. The van der Waals surface area contributed by atoms with Gasteiger partial charge in [0.25, 0.3) is 0 Å². The number of hydrogen-bond acceptors (Lipinski definition) is 3. The minimum absolute atomic E-state index is 0.178. The van der Waals surface area contributed by atoms with Gasteiger partial charge >= 0.3 is 5.97 Å². The largest absolute Gasteiger partial charge is 0.461 e. The van der Waals surface area contributed by atoms with E-state index in [0.29, 0.717) is 25.3 Å². The third-order valence-electron chi connectivity index (χ3n) is 4.91. The van der Waals surface area contributed by atoms with E-state index in [2.05, 4.69) is 38.8 Å². The molecule has 1 aromatic heterocycles. The summed E-state index contributed by atoms with van der Waals surface area (Å²) >= 11 is 0. The van der Waals surface area contributed by atoms with Gasteiger partial charge in [0.2, 0.25) is 0 Å². The second kappa shape index (κ2) is 7.11. The van der Waals surface area contributed by atoms with Gasteiger partial charge < -0.3 is 14.1 Å². The molecule has 1 aromatic carbocycles. The lowest BCUT2D eigenvalue weighted by atomic mass is 10.1. The Kier molecular flexibility index (Phi) is 5.55. The number of para-hydroxylation sites is 1. The maximum absolute atomic E-state index is 12.3. The summed E-state index contributed by atoms with van der Waals surface area (Å²) in [6.45, 7) is 14.0. The van der Waals surface area contributed by atoms with E-state index in [0.717, 1.165) is 16.5 Å². The number of aromatic nitrogens is 1. The van der Waals surface area contributed by atoms with Crippen LogP contribution in [-0.2, 0) is 15.6 Å². The monoisotopic (exact) mass is 347 g/mol. The normalized spacial score (nSPS) is 12.6. The summed E-state index contributed by atoms with van der Waals surface area (Å²) < 4.78 is 11.5. The number of H-pyrrole nitrogens is 1. The number of hydrogen-bond donors (Lipinski definition) is 1. The van der Waals surface area contributed by atoms with Crippen molar-refractivity contribution in [1.29, 1.82) is 0 Å². The average molecular weight is 348 g/mol. The first-order valence-electron chi connectivity index (χ1n) is 8.58. The van der Waals surface area contributed by atoms with Gasteiger partial charge in [0, 0.05) is 17.5 Å². The highest BCUT2D eigenvalue weighted by Crippen LogP contribution is 2.36. The molecule has 2 aromatic rings. The fraction of sp³-hybridized carbons (Fsp3) is 0.526. The molecule has 0 atom stereocenters. The molecule has 0 aliphatic carbocycles. The van der Waals surface area contributed by atoms with Crippen LogP contribution in [0, 0.1) is 0 Å². The molecule has 0 saturated heterocycles. The molecule has 0 aliphatic rings. The van der Waals surface area contributed by atoms with Crippen LogP contribution in [0.1, 0.15) is 43.7 Å². The minimum atomic E-state index is -1.79. The fourth-order valence-corrected chi connectivity index (χ4v) is 3.51. The standard InChI is InChI=1S/C19H29NO3Si/c1-7-22-18(21)17-15(14-10-8-9-11-16(14)20-17)12-13-23-24(5,6)19(2,3)4/h8-11,20H,7,12-13H2,1-6H3. The molecule has 1 N–H and O–H groups in total. The average Bonchev–Trinajstić information content (AvgIpc) is 2.85. The van der Waals surface area contributed by atoms with Crippen LogP contribution in [-0.4, -0.2) is 32.5 Å². The van der Waals surface area contributed by atoms with Gasteiger partial charge in [-0.2, -0.15) is 0 Å². The lowest BCUT2D eigenvalue weighted by Gasteiger charge is -2.36. The summed E-state index contributed by atoms with van der Waals surface area (Å²) in [5, 5.41) is 1.25. The molecule has 1 heterocycles. The molecule has 2 rings (SSSR count). The number of rotatable bonds is 6. The molecule has 0 amide bonds. The highest BCUT2D eigenvalue weighted by Gasteiger charge is 2.37. The van der Waals surface area contributed by atoms with Crippen molar-refractivity contribution in [2.45, 2.75) is 52.2 Å². The third-order valence-corrected chi connectivity index (χ3v) is 9.45. The van der Waals surface area contributed by atoms with Gasteiger partial charge in [-0.25, -0.2) is 4.79 Å². The number of ether oxygens (including phenoxy) is 1. The van der Waals surface area contributed by atoms with Crippen LogP contribution in [0.2, 0.25) is 18.1 Å². The van der Waals surface area contributed by atoms with E-state index in [9.17, 15) is 4.79 Å². The number of nitrogens with one attached hydrogen (secondary N) is 1. The number of carbonyl (C=O) groups excluding carboxylic acids is 1. The SMILES string of the molecule is CCOC(=O)c1[nH]c2ccccc2c1CCO[Si](C)(C)C(C)(C)C. The second-order valence-electron chi connectivity index (χ2n) is 7.60. The van der Waals surface area contributed by atoms with Crippen LogP contribution in [0.3, 0.4) is 0 Å². The van der Waals surface area contributed by atoms with Gasteiger partial charge in [0.05, 0.1) is 6.61 Å². The Morgan fingerprint density at radius 1 is 1.21 bits per heavy atom. The number of carbonyl (C=O) groups is 1. The zero-order chi connectivity index (χ0) is 18.0. The van der Waals surface area contributed by atoms with E-state index in [1.54, 1.807) is 0 Å². The highest BCUT2D eigenvalue weighted by molar-refractivity contribution is 6.74. The van der Waals surface area contributed by atoms with E-state index in [1.165, 1.54) is 0 Å². The van der Waals surface area contributed by atoms with Crippen LogP contribution in [0.5, 0.6) is 0 Å². The van der Waals surface area contributed by atoms with Crippen LogP contribution in [0.4, 0.5) is 0 Å². The van der Waals surface area contributed by atoms with Crippen LogP contribution < -0.4 is 0 Å². The lowest BCUT2D eigenvalue weighted by molar-refractivity contribution is 0.0519. The Morgan fingerprint density at radius 2 is 1.88 bits per heavy atom. The molecule has 4 nitrogen and oxygen atoms in total. The summed E-state index contributed by atoms with van der Waals surface area (Å²) in [5.41, 5.74) is 2.50. The summed E-state index contributed by atoms with van der Waals surface area (Å²) in [6.07, 6.45) is 0.699. The van der Waals surface area contributed by atoms with Crippen LogP contribution in [0.15, 0.2) is 24.3 Å².